The molecule has 0 bridgehead atoms. The molecular weight excluding hydrogens is 392 g/mol. The molecule has 0 aliphatic carbocycles. The van der Waals surface area contributed by atoms with Crippen LogP contribution in [0, 0.1) is 10.1 Å². The van der Waals surface area contributed by atoms with Gasteiger partial charge in [0.05, 0.1) is 18.1 Å². The van der Waals surface area contributed by atoms with Crippen molar-refractivity contribution in [3.63, 3.8) is 0 Å². The first-order chi connectivity index (χ1) is 15.1. The van der Waals surface area contributed by atoms with Crippen molar-refractivity contribution in [2.24, 2.45) is 0 Å². The molecule has 6 heteroatoms. The maximum absolute atomic E-state index is 13.0. The average Bonchev–Trinajstić information content (AvgIpc) is 2.81. The highest BCUT2D eigenvalue weighted by Gasteiger charge is 2.16. The van der Waals surface area contributed by atoms with E-state index in [0.717, 1.165) is 17.7 Å². The van der Waals surface area contributed by atoms with Gasteiger partial charge >= 0.3 is 5.69 Å². The van der Waals surface area contributed by atoms with Gasteiger partial charge in [-0.15, -0.1) is 0 Å². The lowest BCUT2D eigenvalue weighted by Gasteiger charge is -2.21. The van der Waals surface area contributed by atoms with Crippen molar-refractivity contribution in [2.45, 2.75) is 19.9 Å². The van der Waals surface area contributed by atoms with Crippen molar-refractivity contribution >= 4 is 23.4 Å². The molecule has 6 nitrogen and oxygen atoms in total. The van der Waals surface area contributed by atoms with Crippen LogP contribution in [0.15, 0.2) is 84.9 Å². The van der Waals surface area contributed by atoms with Crippen molar-refractivity contribution in [3.05, 3.63) is 106 Å². The fourth-order valence-corrected chi connectivity index (χ4v) is 3.04. The number of nitrogens with zero attached hydrogens (tertiary/aromatic N) is 2. The second kappa shape index (κ2) is 10.7. The third-order valence-electron chi connectivity index (χ3n) is 4.58. The highest BCUT2D eigenvalue weighted by atomic mass is 16.6. The van der Waals surface area contributed by atoms with E-state index in [9.17, 15) is 14.9 Å². The van der Waals surface area contributed by atoms with Crippen molar-refractivity contribution in [1.29, 1.82) is 0 Å². The standard InChI is InChI=1S/C25H24N2O4/c1-2-17-31-24-15-13-20(18-23(24)27(29)30)14-16-25(28)26(22-11-7-4-8-12-22)19-21-9-5-3-6-10-21/h3-16,18H,2,17,19H2,1H3/b16-14+. The quantitative estimate of drug-likeness (QED) is 0.257. The molecule has 0 heterocycles. The molecule has 0 N–H and O–H groups in total. The molecule has 3 rings (SSSR count). The summed E-state index contributed by atoms with van der Waals surface area (Å²) in [5, 5.41) is 11.4. The Kier molecular flexibility index (Phi) is 7.54. The van der Waals surface area contributed by atoms with Gasteiger partial charge in [-0.3, -0.25) is 14.9 Å². The van der Waals surface area contributed by atoms with E-state index in [1.165, 1.54) is 12.1 Å². The zero-order valence-electron chi connectivity index (χ0n) is 17.3. The maximum Gasteiger partial charge on any atom is 0.311 e. The van der Waals surface area contributed by atoms with Crippen LogP contribution in [0.25, 0.3) is 6.08 Å². The van der Waals surface area contributed by atoms with Crippen molar-refractivity contribution < 1.29 is 14.5 Å². The Labute approximate surface area is 181 Å². The molecule has 0 fully saturated rings. The first-order valence-electron chi connectivity index (χ1n) is 10.1. The lowest BCUT2D eigenvalue weighted by atomic mass is 10.1. The largest absolute Gasteiger partial charge is 0.487 e. The minimum Gasteiger partial charge on any atom is -0.487 e. The summed E-state index contributed by atoms with van der Waals surface area (Å²) in [6.45, 7) is 2.75. The number of hydrogen-bond acceptors (Lipinski definition) is 4. The molecule has 0 atom stereocenters. The van der Waals surface area contributed by atoms with Gasteiger partial charge in [-0.2, -0.15) is 0 Å². The summed E-state index contributed by atoms with van der Waals surface area (Å²) < 4.78 is 5.45. The third kappa shape index (κ3) is 6.02. The SMILES string of the molecule is CCCOc1ccc(/C=C/C(=O)N(Cc2ccccc2)c2ccccc2)cc1[N+](=O)[O-]. The van der Waals surface area contributed by atoms with Crippen LogP contribution in [-0.4, -0.2) is 17.4 Å². The summed E-state index contributed by atoms with van der Waals surface area (Å²) in [4.78, 5) is 25.6. The number of para-hydroxylation sites is 1. The lowest BCUT2D eigenvalue weighted by molar-refractivity contribution is -0.385. The summed E-state index contributed by atoms with van der Waals surface area (Å²) >= 11 is 0. The molecule has 0 aromatic heterocycles. The van der Waals surface area contributed by atoms with Gasteiger partial charge in [0.15, 0.2) is 5.75 Å². The van der Waals surface area contributed by atoms with Crippen LogP contribution in [0.1, 0.15) is 24.5 Å². The molecule has 0 spiro atoms. The molecule has 3 aromatic carbocycles. The molecule has 0 radical (unpaired) electrons. The van der Waals surface area contributed by atoms with Gasteiger partial charge in [-0.05, 0) is 41.8 Å². The summed E-state index contributed by atoms with van der Waals surface area (Å²) in [6.07, 6.45) is 3.77. The van der Waals surface area contributed by atoms with Gasteiger partial charge in [0.25, 0.3) is 5.91 Å². The van der Waals surface area contributed by atoms with Crippen LogP contribution >= 0.6 is 0 Å². The number of ether oxygens (including phenoxy) is 1. The summed E-state index contributed by atoms with van der Waals surface area (Å²) in [5.74, 6) is 0.00864. The number of benzene rings is 3. The fraction of sp³-hybridized carbons (Fsp3) is 0.160. The molecular formula is C25H24N2O4. The Morgan fingerprint density at radius 1 is 1.03 bits per heavy atom. The Morgan fingerprint density at radius 2 is 1.71 bits per heavy atom. The highest BCUT2D eigenvalue weighted by molar-refractivity contribution is 6.03. The molecule has 0 aliphatic rings. The van der Waals surface area contributed by atoms with Crippen molar-refractivity contribution in [2.75, 3.05) is 11.5 Å². The Hall–Kier alpha value is -3.93. The molecule has 0 saturated heterocycles. The second-order valence-corrected chi connectivity index (χ2v) is 6.91. The minimum atomic E-state index is -0.476. The maximum atomic E-state index is 13.0. The Balaban J connectivity index is 1.84. The number of nitro benzene ring substituents is 1. The lowest BCUT2D eigenvalue weighted by Crippen LogP contribution is -2.28. The smallest absolute Gasteiger partial charge is 0.311 e. The second-order valence-electron chi connectivity index (χ2n) is 6.91. The van der Waals surface area contributed by atoms with Gasteiger partial charge in [0, 0.05) is 17.8 Å². The van der Waals surface area contributed by atoms with Crippen LogP contribution in [-0.2, 0) is 11.3 Å². The number of nitro groups is 1. The Morgan fingerprint density at radius 3 is 2.35 bits per heavy atom. The van der Waals surface area contributed by atoms with Gasteiger partial charge < -0.3 is 9.64 Å². The summed E-state index contributed by atoms with van der Waals surface area (Å²) in [7, 11) is 0. The zero-order chi connectivity index (χ0) is 22.1. The zero-order valence-corrected chi connectivity index (χ0v) is 17.3. The van der Waals surface area contributed by atoms with Crippen molar-refractivity contribution in [3.8, 4) is 5.75 Å². The minimum absolute atomic E-state index is 0.118. The van der Waals surface area contributed by atoms with Crippen LogP contribution in [0.5, 0.6) is 5.75 Å². The van der Waals surface area contributed by atoms with E-state index in [0.29, 0.717) is 18.7 Å². The van der Waals surface area contributed by atoms with E-state index in [1.807, 2.05) is 67.6 Å². The van der Waals surface area contributed by atoms with E-state index >= 15 is 0 Å². The van der Waals surface area contributed by atoms with Gasteiger partial charge in [-0.25, -0.2) is 0 Å². The summed E-state index contributed by atoms with van der Waals surface area (Å²) in [5.41, 5.74) is 2.21. The van der Waals surface area contributed by atoms with E-state index in [1.54, 1.807) is 23.1 Å². The molecule has 31 heavy (non-hydrogen) atoms. The third-order valence-corrected chi connectivity index (χ3v) is 4.58. The monoisotopic (exact) mass is 416 g/mol. The number of carbonyl (C=O) groups excluding carboxylic acids is 1. The van der Waals surface area contributed by atoms with Crippen LogP contribution in [0.2, 0.25) is 0 Å². The van der Waals surface area contributed by atoms with E-state index in [2.05, 4.69) is 0 Å². The van der Waals surface area contributed by atoms with Crippen LogP contribution in [0.3, 0.4) is 0 Å². The van der Waals surface area contributed by atoms with Gasteiger partial charge in [0.1, 0.15) is 0 Å². The molecule has 3 aromatic rings. The van der Waals surface area contributed by atoms with Crippen LogP contribution in [0.4, 0.5) is 11.4 Å². The first-order valence-corrected chi connectivity index (χ1v) is 10.1. The van der Waals surface area contributed by atoms with E-state index in [4.69, 9.17) is 4.74 Å². The van der Waals surface area contributed by atoms with Crippen LogP contribution < -0.4 is 9.64 Å². The first kappa shape index (κ1) is 21.8. The number of rotatable bonds is 9. The highest BCUT2D eigenvalue weighted by Crippen LogP contribution is 2.28. The Bertz CT molecular complexity index is 1050. The number of carbonyl (C=O) groups is 1. The summed E-state index contributed by atoms with van der Waals surface area (Å²) in [6, 6.07) is 23.8. The topological polar surface area (TPSA) is 72.7 Å². The number of amides is 1. The molecule has 0 unspecified atom stereocenters. The van der Waals surface area contributed by atoms with Crippen molar-refractivity contribution in [1.82, 2.24) is 0 Å². The molecule has 0 saturated carbocycles. The predicted octanol–water partition coefficient (Wildman–Crippen LogP) is 5.63. The molecule has 0 aliphatic heterocycles. The van der Waals surface area contributed by atoms with Gasteiger partial charge in [0.2, 0.25) is 0 Å². The number of hydrogen-bond donors (Lipinski definition) is 0. The molecule has 1 amide bonds. The molecule has 158 valence electrons. The number of anilines is 1. The normalized spacial score (nSPS) is 10.7. The van der Waals surface area contributed by atoms with E-state index < -0.39 is 4.92 Å². The average molecular weight is 416 g/mol. The predicted molar refractivity (Wildman–Crippen MR) is 122 cm³/mol. The van der Waals surface area contributed by atoms with E-state index in [-0.39, 0.29) is 17.3 Å². The fourth-order valence-electron chi connectivity index (χ4n) is 3.04. The van der Waals surface area contributed by atoms with Gasteiger partial charge in [-0.1, -0.05) is 61.5 Å².